The molecule has 1 fully saturated rings. The van der Waals surface area contributed by atoms with Crippen LogP contribution in [-0.2, 0) is 15.0 Å². The molecule has 1 heterocycles. The summed E-state index contributed by atoms with van der Waals surface area (Å²) in [5.41, 5.74) is 2.50. The molecule has 0 radical (unpaired) electrons. The van der Waals surface area contributed by atoms with Gasteiger partial charge in [0.15, 0.2) is 0 Å². The van der Waals surface area contributed by atoms with Crippen molar-refractivity contribution in [2.24, 2.45) is 0 Å². The third-order valence-corrected chi connectivity index (χ3v) is 4.75. The molecule has 1 N–H and O–H groups in total. The molecule has 3 amide bonds. The van der Waals surface area contributed by atoms with Crippen LogP contribution in [0.15, 0.2) is 42.5 Å². The van der Waals surface area contributed by atoms with E-state index in [2.05, 4.69) is 26.1 Å². The van der Waals surface area contributed by atoms with Gasteiger partial charge >= 0.3 is 0 Å². The van der Waals surface area contributed by atoms with E-state index in [1.54, 1.807) is 31.4 Å². The number of imide groups is 1. The maximum Gasteiger partial charge on any atom is 0.255 e. The second-order valence-corrected chi connectivity index (χ2v) is 7.79. The van der Waals surface area contributed by atoms with Crippen LogP contribution in [0.5, 0.6) is 5.75 Å². The molecule has 0 saturated carbocycles. The average Bonchev–Trinajstić information content (AvgIpc) is 2.99. The van der Waals surface area contributed by atoms with Crippen molar-refractivity contribution in [3.63, 3.8) is 0 Å². The molecular formula is C22H24N2O4. The SMILES string of the molecule is COc1ccc(C(C)(C)C)cc1NC(=O)c1ccc(N2C(=O)CCC2=O)cc1. The number of rotatable bonds is 4. The van der Waals surface area contributed by atoms with Gasteiger partial charge in [0.05, 0.1) is 18.5 Å². The van der Waals surface area contributed by atoms with E-state index in [-0.39, 0.29) is 36.0 Å². The van der Waals surface area contributed by atoms with Crippen molar-refractivity contribution in [3.05, 3.63) is 53.6 Å². The van der Waals surface area contributed by atoms with Gasteiger partial charge in [-0.25, -0.2) is 0 Å². The highest BCUT2D eigenvalue weighted by Gasteiger charge is 2.30. The molecule has 0 unspecified atom stereocenters. The minimum absolute atomic E-state index is 0.0673. The fourth-order valence-electron chi connectivity index (χ4n) is 3.09. The number of nitrogens with one attached hydrogen (secondary N) is 1. The average molecular weight is 380 g/mol. The molecule has 1 saturated heterocycles. The molecule has 2 aromatic carbocycles. The Balaban J connectivity index is 1.82. The lowest BCUT2D eigenvalue weighted by atomic mass is 9.87. The Labute approximate surface area is 164 Å². The number of amides is 3. The highest BCUT2D eigenvalue weighted by atomic mass is 16.5. The zero-order valence-corrected chi connectivity index (χ0v) is 16.5. The summed E-state index contributed by atoms with van der Waals surface area (Å²) in [7, 11) is 1.56. The maximum atomic E-state index is 12.7. The van der Waals surface area contributed by atoms with Crippen molar-refractivity contribution in [1.29, 1.82) is 0 Å². The first-order valence-electron chi connectivity index (χ1n) is 9.16. The molecule has 0 atom stereocenters. The molecule has 1 aliphatic rings. The highest BCUT2D eigenvalue weighted by Crippen LogP contribution is 2.32. The first kappa shape index (κ1) is 19.6. The largest absolute Gasteiger partial charge is 0.495 e. The van der Waals surface area contributed by atoms with Crippen LogP contribution in [0.3, 0.4) is 0 Å². The minimum Gasteiger partial charge on any atom is -0.495 e. The van der Waals surface area contributed by atoms with E-state index >= 15 is 0 Å². The van der Waals surface area contributed by atoms with Gasteiger partial charge in [0, 0.05) is 18.4 Å². The topological polar surface area (TPSA) is 75.7 Å². The number of methoxy groups -OCH3 is 1. The van der Waals surface area contributed by atoms with Gasteiger partial charge in [-0.3, -0.25) is 19.3 Å². The van der Waals surface area contributed by atoms with E-state index in [1.165, 1.54) is 0 Å². The summed E-state index contributed by atoms with van der Waals surface area (Å²) in [5, 5.41) is 2.89. The Hall–Kier alpha value is -3.15. The Kier molecular flexibility index (Phi) is 5.23. The van der Waals surface area contributed by atoms with Crippen molar-refractivity contribution >= 4 is 29.1 Å². The van der Waals surface area contributed by atoms with Crippen LogP contribution in [0.2, 0.25) is 0 Å². The van der Waals surface area contributed by atoms with E-state index in [1.807, 2.05) is 18.2 Å². The van der Waals surface area contributed by atoms with Crippen LogP contribution < -0.4 is 15.0 Å². The Morgan fingerprint density at radius 1 is 1.00 bits per heavy atom. The summed E-state index contributed by atoms with van der Waals surface area (Å²) < 4.78 is 5.36. The summed E-state index contributed by atoms with van der Waals surface area (Å²) in [4.78, 5) is 37.5. The van der Waals surface area contributed by atoms with Gasteiger partial charge in [0.2, 0.25) is 11.8 Å². The molecule has 28 heavy (non-hydrogen) atoms. The lowest BCUT2D eigenvalue weighted by Crippen LogP contribution is -2.28. The third kappa shape index (κ3) is 3.91. The lowest BCUT2D eigenvalue weighted by Gasteiger charge is -2.21. The van der Waals surface area contributed by atoms with Crippen LogP contribution in [0, 0.1) is 0 Å². The zero-order valence-electron chi connectivity index (χ0n) is 16.5. The standard InChI is InChI=1S/C22H24N2O4/c1-22(2,3)15-7-10-18(28-4)17(13-15)23-21(27)14-5-8-16(9-6-14)24-19(25)11-12-20(24)26/h5-10,13H,11-12H2,1-4H3,(H,23,27). The Bertz CT molecular complexity index is 911. The van der Waals surface area contributed by atoms with Crippen LogP contribution in [0.4, 0.5) is 11.4 Å². The molecule has 0 spiro atoms. The minimum atomic E-state index is -0.296. The predicted molar refractivity (Wildman–Crippen MR) is 108 cm³/mol. The van der Waals surface area contributed by atoms with Crippen LogP contribution in [-0.4, -0.2) is 24.8 Å². The number of benzene rings is 2. The summed E-state index contributed by atoms with van der Waals surface area (Å²) in [6.45, 7) is 6.29. The van der Waals surface area contributed by atoms with E-state index in [4.69, 9.17) is 4.74 Å². The van der Waals surface area contributed by atoms with Gasteiger partial charge in [-0.2, -0.15) is 0 Å². The molecule has 146 valence electrons. The van der Waals surface area contributed by atoms with Crippen molar-refractivity contribution in [1.82, 2.24) is 0 Å². The van der Waals surface area contributed by atoms with Crippen LogP contribution >= 0.6 is 0 Å². The van der Waals surface area contributed by atoms with Crippen molar-refractivity contribution in [2.75, 3.05) is 17.3 Å². The lowest BCUT2D eigenvalue weighted by molar-refractivity contribution is -0.121. The first-order valence-corrected chi connectivity index (χ1v) is 9.16. The number of carbonyl (C=O) groups is 3. The van der Waals surface area contributed by atoms with Gasteiger partial charge in [-0.15, -0.1) is 0 Å². The third-order valence-electron chi connectivity index (χ3n) is 4.75. The number of carbonyl (C=O) groups excluding carboxylic acids is 3. The van der Waals surface area contributed by atoms with Gasteiger partial charge < -0.3 is 10.1 Å². The number of ether oxygens (including phenoxy) is 1. The quantitative estimate of drug-likeness (QED) is 0.817. The normalized spacial score (nSPS) is 14.4. The van der Waals surface area contributed by atoms with Crippen LogP contribution in [0.1, 0.15) is 49.5 Å². The van der Waals surface area contributed by atoms with E-state index < -0.39 is 0 Å². The van der Waals surface area contributed by atoms with E-state index in [0.717, 1.165) is 10.5 Å². The number of anilines is 2. The van der Waals surface area contributed by atoms with Crippen LogP contribution in [0.25, 0.3) is 0 Å². The Morgan fingerprint density at radius 3 is 2.14 bits per heavy atom. The van der Waals surface area contributed by atoms with Crippen molar-refractivity contribution < 1.29 is 19.1 Å². The summed E-state index contributed by atoms with van der Waals surface area (Å²) >= 11 is 0. The molecule has 6 nitrogen and oxygen atoms in total. The fourth-order valence-corrected chi connectivity index (χ4v) is 3.09. The highest BCUT2D eigenvalue weighted by molar-refractivity contribution is 6.20. The van der Waals surface area contributed by atoms with Gasteiger partial charge in [0.25, 0.3) is 5.91 Å². The predicted octanol–water partition coefficient (Wildman–Crippen LogP) is 3.90. The number of hydrogen-bond donors (Lipinski definition) is 1. The molecule has 0 aromatic heterocycles. The second-order valence-electron chi connectivity index (χ2n) is 7.79. The number of hydrogen-bond acceptors (Lipinski definition) is 4. The van der Waals surface area contributed by atoms with Crippen molar-refractivity contribution in [3.8, 4) is 5.75 Å². The molecule has 0 aliphatic carbocycles. The molecule has 0 bridgehead atoms. The van der Waals surface area contributed by atoms with E-state index in [0.29, 0.717) is 22.7 Å². The maximum absolute atomic E-state index is 12.7. The van der Waals surface area contributed by atoms with Crippen molar-refractivity contribution in [2.45, 2.75) is 39.0 Å². The summed E-state index contributed by atoms with van der Waals surface area (Å²) in [6.07, 6.45) is 0.454. The molecule has 1 aliphatic heterocycles. The Morgan fingerprint density at radius 2 is 1.61 bits per heavy atom. The first-order chi connectivity index (χ1) is 13.2. The molecular weight excluding hydrogens is 356 g/mol. The molecule has 2 aromatic rings. The zero-order chi connectivity index (χ0) is 20.5. The smallest absolute Gasteiger partial charge is 0.255 e. The summed E-state index contributed by atoms with van der Waals surface area (Å²) in [6, 6.07) is 12.1. The fraction of sp³-hybridized carbons (Fsp3) is 0.318. The summed E-state index contributed by atoms with van der Waals surface area (Å²) in [5.74, 6) is -0.155. The van der Waals surface area contributed by atoms with Gasteiger partial charge in [-0.05, 0) is 47.4 Å². The molecule has 6 heteroatoms. The second kappa shape index (κ2) is 7.46. The monoisotopic (exact) mass is 380 g/mol. The number of nitrogens with zero attached hydrogens (tertiary/aromatic N) is 1. The molecule has 3 rings (SSSR count). The van der Waals surface area contributed by atoms with E-state index in [9.17, 15) is 14.4 Å². The van der Waals surface area contributed by atoms with Gasteiger partial charge in [-0.1, -0.05) is 26.8 Å². The van der Waals surface area contributed by atoms with Gasteiger partial charge in [0.1, 0.15) is 5.75 Å².